The van der Waals surface area contributed by atoms with Crippen molar-refractivity contribution < 1.29 is 4.52 Å². The van der Waals surface area contributed by atoms with E-state index in [-0.39, 0.29) is 0 Å². The average Bonchev–Trinajstić information content (AvgIpc) is 2.54. The molecule has 1 atom stereocenters. The van der Waals surface area contributed by atoms with E-state index in [1.54, 1.807) is 0 Å². The molecule has 0 saturated heterocycles. The molecule has 2 rings (SSSR count). The van der Waals surface area contributed by atoms with E-state index in [9.17, 15) is 0 Å². The topological polar surface area (TPSA) is 9.23 Å². The van der Waals surface area contributed by atoms with Crippen LogP contribution in [0.5, 0.6) is 0 Å². The molecule has 0 heterocycles. The maximum atomic E-state index is 6.95. The van der Waals surface area contributed by atoms with Gasteiger partial charge in [-0.05, 0) is 0 Å². The minimum atomic E-state index is -1.55. The summed E-state index contributed by atoms with van der Waals surface area (Å²) in [5, 5.41) is 0. The van der Waals surface area contributed by atoms with Crippen LogP contribution in [0.4, 0.5) is 0 Å². The fourth-order valence-corrected chi connectivity index (χ4v) is 10.9. The summed E-state index contributed by atoms with van der Waals surface area (Å²) in [6.45, 7) is 7.07. The molecule has 0 aromatic carbocycles. The number of rotatable bonds is 6. The van der Waals surface area contributed by atoms with Crippen molar-refractivity contribution in [3.63, 3.8) is 0 Å². The van der Waals surface area contributed by atoms with Crippen molar-refractivity contribution in [2.24, 2.45) is 0 Å². The van der Waals surface area contributed by atoms with Gasteiger partial charge in [0.2, 0.25) is 0 Å². The molecule has 1 unspecified atom stereocenters. The Hall–Kier alpha value is 0.390. The third kappa shape index (κ3) is 3.77. The molecule has 1 nitrogen and oxygen atoms in total. The van der Waals surface area contributed by atoms with Crippen LogP contribution in [0.3, 0.4) is 0 Å². The molecule has 2 heteroatoms. The maximum absolute atomic E-state index is 6.95. The second kappa shape index (κ2) is 8.14. The van der Waals surface area contributed by atoms with Crippen LogP contribution in [-0.4, -0.2) is 23.6 Å². The molecule has 0 spiro atoms. The SMILES string of the molecule is CCC(C)O[PH](CC)(C1CCCCC1)C1CCCCC1. The molecule has 120 valence electrons. The van der Waals surface area contributed by atoms with Gasteiger partial charge in [-0.1, -0.05) is 0 Å². The van der Waals surface area contributed by atoms with Crippen LogP contribution in [0.1, 0.15) is 91.4 Å². The van der Waals surface area contributed by atoms with Gasteiger partial charge in [-0.15, -0.1) is 0 Å². The van der Waals surface area contributed by atoms with E-state index in [1.807, 2.05) is 0 Å². The molecule has 0 aliphatic heterocycles. The zero-order valence-corrected chi connectivity index (χ0v) is 15.1. The molecular formula is C18H37OP. The Bertz CT molecular complexity index is 249. The average molecular weight is 300 g/mol. The third-order valence-electron chi connectivity index (χ3n) is 6.14. The first-order valence-electron chi connectivity index (χ1n) is 9.40. The summed E-state index contributed by atoms with van der Waals surface area (Å²) >= 11 is 0. The summed E-state index contributed by atoms with van der Waals surface area (Å²) in [6, 6.07) is 0. The molecule has 20 heavy (non-hydrogen) atoms. The van der Waals surface area contributed by atoms with Gasteiger partial charge in [-0.3, -0.25) is 0 Å². The Balaban J connectivity index is 2.18. The fraction of sp³-hybridized carbons (Fsp3) is 1.00. The van der Waals surface area contributed by atoms with Gasteiger partial charge in [-0.25, -0.2) is 0 Å². The first-order chi connectivity index (χ1) is 9.73. The second-order valence-electron chi connectivity index (χ2n) is 7.32. The van der Waals surface area contributed by atoms with Gasteiger partial charge in [0.1, 0.15) is 0 Å². The van der Waals surface area contributed by atoms with Gasteiger partial charge in [0.15, 0.2) is 0 Å². The van der Waals surface area contributed by atoms with Crippen LogP contribution in [0.2, 0.25) is 0 Å². The minimum absolute atomic E-state index is 0.491. The summed E-state index contributed by atoms with van der Waals surface area (Å²) in [7, 11) is -1.55. The monoisotopic (exact) mass is 300 g/mol. The molecule has 0 bridgehead atoms. The van der Waals surface area contributed by atoms with Crippen molar-refractivity contribution in [3.05, 3.63) is 0 Å². The standard InChI is InChI=1S/C18H37OP/c1-4-16(3)19-20(5-2,17-12-8-6-9-13-17)18-14-10-7-11-15-18/h16-18,20H,4-15H2,1-3H3. The van der Waals surface area contributed by atoms with Crippen molar-refractivity contribution in [2.45, 2.75) is 109 Å². The predicted molar refractivity (Wildman–Crippen MR) is 93.4 cm³/mol. The molecular weight excluding hydrogens is 263 g/mol. The molecule has 0 radical (unpaired) electrons. The molecule has 0 N–H and O–H groups in total. The summed E-state index contributed by atoms with van der Waals surface area (Å²) in [5.74, 6) is 0. The molecule has 2 fully saturated rings. The van der Waals surface area contributed by atoms with Crippen LogP contribution < -0.4 is 0 Å². The van der Waals surface area contributed by atoms with Gasteiger partial charge in [0.05, 0.1) is 0 Å². The van der Waals surface area contributed by atoms with Crippen LogP contribution in [0.25, 0.3) is 0 Å². The third-order valence-corrected chi connectivity index (χ3v) is 12.0. The molecule has 2 aliphatic carbocycles. The number of hydrogen-bond donors (Lipinski definition) is 0. The first-order valence-corrected chi connectivity index (χ1v) is 11.7. The predicted octanol–water partition coefficient (Wildman–Crippen LogP) is 6.15. The van der Waals surface area contributed by atoms with Gasteiger partial charge in [-0.2, -0.15) is 0 Å². The first kappa shape index (κ1) is 16.8. The van der Waals surface area contributed by atoms with E-state index < -0.39 is 7.49 Å². The molecule has 2 saturated carbocycles. The zero-order valence-electron chi connectivity index (χ0n) is 14.1. The quantitative estimate of drug-likeness (QED) is 0.534. The molecule has 0 aromatic rings. The van der Waals surface area contributed by atoms with Crippen LogP contribution in [0, 0.1) is 0 Å². The van der Waals surface area contributed by atoms with Crippen LogP contribution in [-0.2, 0) is 4.52 Å². The van der Waals surface area contributed by atoms with E-state index in [4.69, 9.17) is 4.52 Å². The summed E-state index contributed by atoms with van der Waals surface area (Å²) in [6.07, 6.45) is 17.8. The molecule has 0 amide bonds. The molecule has 2 aliphatic rings. The Kier molecular flexibility index (Phi) is 6.82. The van der Waals surface area contributed by atoms with Gasteiger partial charge in [0.25, 0.3) is 0 Å². The summed E-state index contributed by atoms with van der Waals surface area (Å²) < 4.78 is 6.95. The second-order valence-corrected chi connectivity index (χ2v) is 11.8. The van der Waals surface area contributed by atoms with E-state index in [0.717, 1.165) is 11.3 Å². The van der Waals surface area contributed by atoms with E-state index in [1.165, 1.54) is 76.8 Å². The summed E-state index contributed by atoms with van der Waals surface area (Å²) in [5.41, 5.74) is 1.94. The summed E-state index contributed by atoms with van der Waals surface area (Å²) in [4.78, 5) is 0. The van der Waals surface area contributed by atoms with Crippen molar-refractivity contribution in [1.82, 2.24) is 0 Å². The Labute approximate surface area is 127 Å². The fourth-order valence-electron chi connectivity index (χ4n) is 4.83. The Morgan fingerprint density at radius 3 is 1.65 bits per heavy atom. The van der Waals surface area contributed by atoms with E-state index in [2.05, 4.69) is 20.8 Å². The normalized spacial score (nSPS) is 25.6. The Morgan fingerprint density at radius 1 is 0.850 bits per heavy atom. The van der Waals surface area contributed by atoms with E-state index in [0.29, 0.717) is 6.10 Å². The number of hydrogen-bond acceptors (Lipinski definition) is 1. The zero-order chi connectivity index (χ0) is 14.4. The van der Waals surface area contributed by atoms with Crippen LogP contribution >= 0.6 is 7.49 Å². The molecule has 0 aromatic heterocycles. The van der Waals surface area contributed by atoms with Crippen molar-refractivity contribution >= 4 is 7.49 Å². The van der Waals surface area contributed by atoms with Crippen molar-refractivity contribution in [2.75, 3.05) is 6.16 Å². The van der Waals surface area contributed by atoms with Gasteiger partial charge < -0.3 is 0 Å². The van der Waals surface area contributed by atoms with Crippen molar-refractivity contribution in [1.29, 1.82) is 0 Å². The van der Waals surface area contributed by atoms with Gasteiger partial charge >= 0.3 is 127 Å². The Morgan fingerprint density at radius 2 is 1.30 bits per heavy atom. The van der Waals surface area contributed by atoms with Crippen molar-refractivity contribution in [3.8, 4) is 0 Å². The van der Waals surface area contributed by atoms with Gasteiger partial charge in [0, 0.05) is 0 Å². The van der Waals surface area contributed by atoms with Crippen LogP contribution in [0.15, 0.2) is 0 Å². The van der Waals surface area contributed by atoms with E-state index >= 15 is 0 Å².